The number of hydrogen-bond donors (Lipinski definition) is 2. The van der Waals surface area contributed by atoms with Crippen molar-refractivity contribution >= 4 is 23.2 Å². The largest absolute Gasteiger partial charge is 0.369 e. The Bertz CT molecular complexity index is 1300. The second-order valence-electron chi connectivity index (χ2n) is 7.61. The average Bonchev–Trinajstić information content (AvgIpc) is 2.88. The van der Waals surface area contributed by atoms with Crippen LogP contribution in [0, 0.1) is 23.7 Å². The van der Waals surface area contributed by atoms with Gasteiger partial charge >= 0.3 is 0 Å². The van der Waals surface area contributed by atoms with Crippen molar-refractivity contribution < 1.29 is 10.2 Å². The minimum atomic E-state index is -1.69. The maximum Gasteiger partial charge on any atom is 0.179 e. The molecule has 0 saturated carbocycles. The van der Waals surface area contributed by atoms with Gasteiger partial charge in [-0.05, 0) is 35.8 Å². The Kier molecular flexibility index (Phi) is 7.09. The molecule has 166 valence electrons. The van der Waals surface area contributed by atoms with Crippen LogP contribution in [0.3, 0.4) is 0 Å². The molecule has 0 bridgehead atoms. The molecule has 0 radical (unpaired) electrons. The maximum absolute atomic E-state index is 11.6. The Morgan fingerprint density at radius 3 is 1.15 bits per heavy atom. The highest BCUT2D eigenvalue weighted by molar-refractivity contribution is 6.31. The third-order valence-electron chi connectivity index (χ3n) is 5.46. The van der Waals surface area contributed by atoms with Crippen LogP contribution >= 0.6 is 23.2 Å². The molecule has 0 aliphatic rings. The van der Waals surface area contributed by atoms with Gasteiger partial charge < -0.3 is 10.2 Å². The SMILES string of the molecule is O[C@](C#CC#C[C@@](O)(c1ccccc1)c1ccccc1Cl)(c1ccccc1)c1ccccc1Cl. The van der Waals surface area contributed by atoms with Gasteiger partial charge in [0.1, 0.15) is 0 Å². The van der Waals surface area contributed by atoms with E-state index in [1.807, 2.05) is 36.4 Å². The summed E-state index contributed by atoms with van der Waals surface area (Å²) in [5, 5.41) is 24.0. The molecule has 0 amide bonds. The van der Waals surface area contributed by atoms with Crippen LogP contribution in [-0.2, 0) is 11.2 Å². The van der Waals surface area contributed by atoms with Gasteiger partial charge in [0.05, 0.1) is 0 Å². The Hall–Kier alpha value is -3.50. The topological polar surface area (TPSA) is 40.5 Å². The molecule has 0 saturated heterocycles. The molecule has 0 spiro atoms. The predicted molar refractivity (Wildman–Crippen MR) is 137 cm³/mol. The summed E-state index contributed by atoms with van der Waals surface area (Å²) in [5.41, 5.74) is -1.38. The number of benzene rings is 4. The molecule has 2 nitrogen and oxygen atoms in total. The monoisotopic (exact) mass is 482 g/mol. The predicted octanol–water partition coefficient (Wildman–Crippen LogP) is 6.17. The molecule has 0 heterocycles. The van der Waals surface area contributed by atoms with Crippen LogP contribution < -0.4 is 0 Å². The van der Waals surface area contributed by atoms with Gasteiger partial charge in [0.2, 0.25) is 0 Å². The second kappa shape index (κ2) is 10.2. The van der Waals surface area contributed by atoms with Crippen molar-refractivity contribution in [2.24, 2.45) is 0 Å². The van der Waals surface area contributed by atoms with E-state index in [0.29, 0.717) is 32.3 Å². The van der Waals surface area contributed by atoms with Crippen LogP contribution in [0.4, 0.5) is 0 Å². The molecule has 4 aromatic rings. The third-order valence-corrected chi connectivity index (χ3v) is 6.12. The van der Waals surface area contributed by atoms with Crippen LogP contribution in [-0.4, -0.2) is 10.2 Å². The van der Waals surface area contributed by atoms with Crippen LogP contribution in [0.1, 0.15) is 22.3 Å². The fraction of sp³-hybridized carbons (Fsp3) is 0.0667. The molecule has 4 heteroatoms. The van der Waals surface area contributed by atoms with Crippen LogP contribution in [0.5, 0.6) is 0 Å². The molecule has 0 unspecified atom stereocenters. The molecule has 4 aromatic carbocycles. The van der Waals surface area contributed by atoms with Gasteiger partial charge in [0.25, 0.3) is 0 Å². The zero-order valence-electron chi connectivity index (χ0n) is 18.0. The highest BCUT2D eigenvalue weighted by Gasteiger charge is 2.32. The highest BCUT2D eigenvalue weighted by atomic mass is 35.5. The maximum atomic E-state index is 11.6. The molecule has 4 rings (SSSR count). The lowest BCUT2D eigenvalue weighted by molar-refractivity contribution is 0.144. The summed E-state index contributed by atoms with van der Waals surface area (Å²) >= 11 is 12.8. The van der Waals surface area contributed by atoms with Crippen LogP contribution in [0.2, 0.25) is 10.0 Å². The summed E-state index contributed by atoms with van der Waals surface area (Å²) in [6.07, 6.45) is 0. The fourth-order valence-corrected chi connectivity index (χ4v) is 4.25. The zero-order chi connectivity index (χ0) is 24.0. The Morgan fingerprint density at radius 1 is 0.471 bits per heavy atom. The number of aliphatic hydroxyl groups is 2. The first-order valence-corrected chi connectivity index (χ1v) is 11.3. The lowest BCUT2D eigenvalue weighted by Crippen LogP contribution is -2.26. The van der Waals surface area contributed by atoms with Gasteiger partial charge in [-0.1, -0.05) is 120 Å². The number of rotatable bonds is 4. The first-order chi connectivity index (χ1) is 16.4. The summed E-state index contributed by atoms with van der Waals surface area (Å²) in [5.74, 6) is 11.2. The van der Waals surface area contributed by atoms with E-state index in [1.165, 1.54) is 0 Å². The van der Waals surface area contributed by atoms with Crippen molar-refractivity contribution in [1.29, 1.82) is 0 Å². The van der Waals surface area contributed by atoms with E-state index in [1.54, 1.807) is 72.8 Å². The van der Waals surface area contributed by atoms with E-state index >= 15 is 0 Å². The zero-order valence-corrected chi connectivity index (χ0v) is 19.6. The highest BCUT2D eigenvalue weighted by Crippen LogP contribution is 2.35. The normalized spacial score (nSPS) is 13.9. The lowest BCUT2D eigenvalue weighted by Gasteiger charge is -2.25. The molecular weight excluding hydrogens is 463 g/mol. The number of halogens is 2. The molecule has 34 heavy (non-hydrogen) atoms. The molecule has 2 atom stereocenters. The first-order valence-electron chi connectivity index (χ1n) is 10.6. The van der Waals surface area contributed by atoms with Crippen molar-refractivity contribution in [3.05, 3.63) is 141 Å². The standard InChI is InChI=1S/C30H20Cl2O2/c31-27-19-9-7-17-25(27)29(33,23-13-3-1-4-14-23)21-11-12-22-30(34,24-15-5-2-6-16-24)26-18-8-10-20-28(26)32/h1-10,13-20,33-34H/t29-,30-/m1/s1. The molecule has 2 N–H and O–H groups in total. The van der Waals surface area contributed by atoms with E-state index in [0.717, 1.165) is 0 Å². The van der Waals surface area contributed by atoms with E-state index in [4.69, 9.17) is 23.2 Å². The Balaban J connectivity index is 1.83. The summed E-state index contributed by atoms with van der Waals surface area (Å²) in [7, 11) is 0. The summed E-state index contributed by atoms with van der Waals surface area (Å²) in [6, 6.07) is 32.1. The van der Waals surface area contributed by atoms with Gasteiger partial charge in [0, 0.05) is 32.3 Å². The summed E-state index contributed by atoms with van der Waals surface area (Å²) in [6.45, 7) is 0. The quantitative estimate of drug-likeness (QED) is 0.341. The van der Waals surface area contributed by atoms with Crippen molar-refractivity contribution in [2.75, 3.05) is 0 Å². The lowest BCUT2D eigenvalue weighted by atomic mass is 9.86. The molecule has 0 aliphatic heterocycles. The minimum Gasteiger partial charge on any atom is -0.369 e. The van der Waals surface area contributed by atoms with Gasteiger partial charge in [-0.2, -0.15) is 0 Å². The van der Waals surface area contributed by atoms with Gasteiger partial charge in [0.15, 0.2) is 11.2 Å². The molecular formula is C30H20Cl2O2. The van der Waals surface area contributed by atoms with E-state index in [9.17, 15) is 10.2 Å². The molecule has 0 aliphatic carbocycles. The van der Waals surface area contributed by atoms with Crippen molar-refractivity contribution in [1.82, 2.24) is 0 Å². The van der Waals surface area contributed by atoms with Crippen LogP contribution in [0.15, 0.2) is 109 Å². The minimum absolute atomic E-state index is 0.382. The van der Waals surface area contributed by atoms with Crippen molar-refractivity contribution in [3.8, 4) is 23.7 Å². The Labute approximate surface area is 209 Å². The second-order valence-corrected chi connectivity index (χ2v) is 8.43. The van der Waals surface area contributed by atoms with Gasteiger partial charge in [-0.3, -0.25) is 0 Å². The van der Waals surface area contributed by atoms with E-state index in [2.05, 4.69) is 23.7 Å². The first kappa shape index (κ1) is 23.7. The van der Waals surface area contributed by atoms with E-state index < -0.39 is 11.2 Å². The molecule has 0 fully saturated rings. The van der Waals surface area contributed by atoms with Gasteiger partial charge in [-0.25, -0.2) is 0 Å². The Morgan fingerprint density at radius 2 is 0.794 bits per heavy atom. The van der Waals surface area contributed by atoms with Gasteiger partial charge in [-0.15, -0.1) is 0 Å². The number of hydrogen-bond acceptors (Lipinski definition) is 2. The fourth-order valence-electron chi connectivity index (χ4n) is 3.70. The van der Waals surface area contributed by atoms with E-state index in [-0.39, 0.29) is 0 Å². The van der Waals surface area contributed by atoms with Crippen molar-refractivity contribution in [2.45, 2.75) is 11.2 Å². The summed E-state index contributed by atoms with van der Waals surface area (Å²) in [4.78, 5) is 0. The molecule has 0 aromatic heterocycles. The third kappa shape index (κ3) is 4.73. The smallest absolute Gasteiger partial charge is 0.179 e. The summed E-state index contributed by atoms with van der Waals surface area (Å²) < 4.78 is 0. The van der Waals surface area contributed by atoms with Crippen LogP contribution in [0.25, 0.3) is 0 Å². The average molecular weight is 483 g/mol. The van der Waals surface area contributed by atoms with Crippen molar-refractivity contribution in [3.63, 3.8) is 0 Å².